The van der Waals surface area contributed by atoms with Gasteiger partial charge in [0.25, 0.3) is 0 Å². The summed E-state index contributed by atoms with van der Waals surface area (Å²) in [5.41, 5.74) is 2.84. The van der Waals surface area contributed by atoms with Crippen LogP contribution in [0.4, 0.5) is 0 Å². The topological polar surface area (TPSA) is 21.3 Å². The second-order valence-electron chi connectivity index (χ2n) is 4.29. The average Bonchev–Trinajstić information content (AvgIpc) is 2.31. The maximum absolute atomic E-state index is 5.08. The summed E-state index contributed by atoms with van der Waals surface area (Å²) in [6.07, 6.45) is 0. The van der Waals surface area contributed by atoms with Crippen molar-refractivity contribution in [3.05, 3.63) is 35.4 Å². The summed E-state index contributed by atoms with van der Waals surface area (Å²) in [5.74, 6) is 2.25. The van der Waals surface area contributed by atoms with Crippen LogP contribution in [0.1, 0.15) is 18.1 Å². The van der Waals surface area contributed by atoms with Gasteiger partial charge in [-0.1, -0.05) is 24.3 Å². The summed E-state index contributed by atoms with van der Waals surface area (Å²) in [5, 5.41) is 3.44. The molecule has 2 nitrogen and oxygen atoms in total. The monoisotopic (exact) mass is 253 g/mol. The van der Waals surface area contributed by atoms with Crippen LogP contribution in [-0.4, -0.2) is 32.1 Å². The fourth-order valence-electron chi connectivity index (χ4n) is 1.64. The van der Waals surface area contributed by atoms with E-state index < -0.39 is 0 Å². The van der Waals surface area contributed by atoms with Crippen molar-refractivity contribution in [2.45, 2.75) is 25.6 Å². The van der Waals surface area contributed by atoms with Crippen molar-refractivity contribution in [1.82, 2.24) is 5.32 Å². The van der Waals surface area contributed by atoms with Crippen molar-refractivity contribution in [2.75, 3.05) is 26.0 Å². The third kappa shape index (κ3) is 6.10. The Morgan fingerprint density at radius 3 is 2.82 bits per heavy atom. The van der Waals surface area contributed by atoms with Crippen molar-refractivity contribution in [1.29, 1.82) is 0 Å². The molecule has 0 aliphatic rings. The van der Waals surface area contributed by atoms with Gasteiger partial charge in [-0.15, -0.1) is 0 Å². The summed E-state index contributed by atoms with van der Waals surface area (Å²) >= 11 is 1.98. The highest BCUT2D eigenvalue weighted by Crippen LogP contribution is 2.15. The molecule has 0 saturated carbocycles. The standard InChI is InChI=1S/C14H23NOS/c1-12-6-4-5-7-14(12)11-17-9-8-15-13(2)10-16-3/h4-7,13,15H,8-11H2,1-3H3. The van der Waals surface area contributed by atoms with Crippen LogP contribution in [-0.2, 0) is 10.5 Å². The normalized spacial score (nSPS) is 12.6. The third-order valence-corrected chi connectivity index (χ3v) is 3.68. The van der Waals surface area contributed by atoms with E-state index in [1.165, 1.54) is 11.1 Å². The number of hydrogen-bond donors (Lipinski definition) is 1. The Labute approximate surface area is 109 Å². The zero-order valence-corrected chi connectivity index (χ0v) is 11.8. The van der Waals surface area contributed by atoms with Gasteiger partial charge in [0.2, 0.25) is 0 Å². The van der Waals surface area contributed by atoms with E-state index in [1.54, 1.807) is 7.11 Å². The molecule has 0 amide bonds. The van der Waals surface area contributed by atoms with Crippen molar-refractivity contribution in [3.8, 4) is 0 Å². The van der Waals surface area contributed by atoms with Crippen LogP contribution in [0.2, 0.25) is 0 Å². The predicted octanol–water partition coefficient (Wildman–Crippen LogP) is 2.85. The van der Waals surface area contributed by atoms with E-state index in [0.29, 0.717) is 6.04 Å². The molecule has 1 aromatic rings. The van der Waals surface area contributed by atoms with Crippen LogP contribution in [0.25, 0.3) is 0 Å². The SMILES string of the molecule is COCC(C)NCCSCc1ccccc1C. The third-order valence-electron chi connectivity index (χ3n) is 2.67. The number of thioether (sulfide) groups is 1. The molecule has 1 atom stereocenters. The second kappa shape index (κ2) is 8.56. The molecule has 0 radical (unpaired) electrons. The van der Waals surface area contributed by atoms with E-state index in [-0.39, 0.29) is 0 Å². The molecule has 0 saturated heterocycles. The molecule has 0 aromatic heterocycles. The van der Waals surface area contributed by atoms with Crippen LogP contribution in [0.5, 0.6) is 0 Å². The summed E-state index contributed by atoms with van der Waals surface area (Å²) in [7, 11) is 1.74. The summed E-state index contributed by atoms with van der Waals surface area (Å²) < 4.78 is 5.08. The lowest BCUT2D eigenvalue weighted by Gasteiger charge is -2.12. The molecular formula is C14H23NOS. The molecule has 1 N–H and O–H groups in total. The Morgan fingerprint density at radius 1 is 1.35 bits per heavy atom. The molecule has 17 heavy (non-hydrogen) atoms. The summed E-state index contributed by atoms with van der Waals surface area (Å²) in [4.78, 5) is 0. The fraction of sp³-hybridized carbons (Fsp3) is 0.571. The second-order valence-corrected chi connectivity index (χ2v) is 5.39. The van der Waals surface area contributed by atoms with E-state index in [1.807, 2.05) is 11.8 Å². The van der Waals surface area contributed by atoms with Crippen molar-refractivity contribution < 1.29 is 4.74 Å². The van der Waals surface area contributed by atoms with Gasteiger partial charge in [0.05, 0.1) is 6.61 Å². The van der Waals surface area contributed by atoms with Gasteiger partial charge < -0.3 is 10.1 Å². The summed E-state index contributed by atoms with van der Waals surface area (Å²) in [6.45, 7) is 6.15. The van der Waals surface area contributed by atoms with Gasteiger partial charge in [0.1, 0.15) is 0 Å². The highest BCUT2D eigenvalue weighted by atomic mass is 32.2. The molecule has 0 aliphatic carbocycles. The quantitative estimate of drug-likeness (QED) is 0.720. The first kappa shape index (κ1) is 14.6. The van der Waals surface area contributed by atoms with Crippen LogP contribution in [0, 0.1) is 6.92 Å². The Morgan fingerprint density at radius 2 is 2.12 bits per heavy atom. The first-order valence-electron chi connectivity index (χ1n) is 6.08. The van der Waals surface area contributed by atoms with E-state index in [0.717, 1.165) is 24.7 Å². The van der Waals surface area contributed by atoms with Gasteiger partial charge >= 0.3 is 0 Å². The first-order valence-corrected chi connectivity index (χ1v) is 7.24. The molecule has 1 unspecified atom stereocenters. The van der Waals surface area contributed by atoms with Crippen LogP contribution < -0.4 is 5.32 Å². The number of methoxy groups -OCH3 is 1. The molecule has 1 aromatic carbocycles. The van der Waals surface area contributed by atoms with Crippen molar-refractivity contribution >= 4 is 11.8 Å². The molecule has 0 bridgehead atoms. The minimum Gasteiger partial charge on any atom is -0.383 e. The molecule has 0 heterocycles. The number of hydrogen-bond acceptors (Lipinski definition) is 3. The van der Waals surface area contributed by atoms with Gasteiger partial charge in [-0.05, 0) is 25.0 Å². The number of nitrogens with one attached hydrogen (secondary N) is 1. The molecule has 1 rings (SSSR count). The van der Waals surface area contributed by atoms with Gasteiger partial charge in [0, 0.05) is 31.2 Å². The Balaban J connectivity index is 2.10. The average molecular weight is 253 g/mol. The van der Waals surface area contributed by atoms with Gasteiger partial charge in [-0.3, -0.25) is 0 Å². The minimum absolute atomic E-state index is 0.444. The summed E-state index contributed by atoms with van der Waals surface area (Å²) in [6, 6.07) is 9.04. The molecule has 0 spiro atoms. The maximum atomic E-state index is 5.08. The zero-order chi connectivity index (χ0) is 12.5. The number of ether oxygens (including phenoxy) is 1. The van der Waals surface area contributed by atoms with Gasteiger partial charge in [0.15, 0.2) is 0 Å². The molecule has 96 valence electrons. The lowest BCUT2D eigenvalue weighted by molar-refractivity contribution is 0.173. The van der Waals surface area contributed by atoms with Crippen LogP contribution in [0.3, 0.4) is 0 Å². The predicted molar refractivity (Wildman–Crippen MR) is 76.7 cm³/mol. The van der Waals surface area contributed by atoms with Gasteiger partial charge in [-0.25, -0.2) is 0 Å². The van der Waals surface area contributed by atoms with Gasteiger partial charge in [-0.2, -0.15) is 11.8 Å². The number of aryl methyl sites for hydroxylation is 1. The van der Waals surface area contributed by atoms with Crippen LogP contribution >= 0.6 is 11.8 Å². The Bertz CT molecular complexity index is 317. The zero-order valence-electron chi connectivity index (χ0n) is 11.0. The Hall–Kier alpha value is -0.510. The van der Waals surface area contributed by atoms with E-state index in [2.05, 4.69) is 43.4 Å². The lowest BCUT2D eigenvalue weighted by Crippen LogP contribution is -2.31. The van der Waals surface area contributed by atoms with Crippen molar-refractivity contribution in [3.63, 3.8) is 0 Å². The molecular weight excluding hydrogens is 230 g/mol. The minimum atomic E-state index is 0.444. The Kier molecular flexibility index (Phi) is 7.33. The maximum Gasteiger partial charge on any atom is 0.0613 e. The molecule has 3 heteroatoms. The number of rotatable bonds is 8. The molecule has 0 fully saturated rings. The fourth-order valence-corrected chi connectivity index (χ4v) is 2.59. The lowest BCUT2D eigenvalue weighted by atomic mass is 10.1. The largest absolute Gasteiger partial charge is 0.383 e. The van der Waals surface area contributed by atoms with Crippen LogP contribution in [0.15, 0.2) is 24.3 Å². The van der Waals surface area contributed by atoms with E-state index in [9.17, 15) is 0 Å². The highest BCUT2D eigenvalue weighted by molar-refractivity contribution is 7.98. The van der Waals surface area contributed by atoms with E-state index in [4.69, 9.17) is 4.74 Å². The van der Waals surface area contributed by atoms with E-state index >= 15 is 0 Å². The highest BCUT2D eigenvalue weighted by Gasteiger charge is 2.00. The smallest absolute Gasteiger partial charge is 0.0613 e. The first-order chi connectivity index (χ1) is 8.24. The number of benzene rings is 1. The van der Waals surface area contributed by atoms with Crippen molar-refractivity contribution in [2.24, 2.45) is 0 Å². The molecule has 0 aliphatic heterocycles.